The van der Waals surface area contributed by atoms with Crippen LogP contribution >= 0.6 is 0 Å². The molecule has 0 aromatic heterocycles. The van der Waals surface area contributed by atoms with Gasteiger partial charge in [0.15, 0.2) is 0 Å². The molecule has 0 radical (unpaired) electrons. The van der Waals surface area contributed by atoms with E-state index < -0.39 is 23.3 Å². The molecule has 6 aromatic rings. The molecule has 0 fully saturated rings. The fourth-order valence-corrected chi connectivity index (χ4v) is 4.79. The van der Waals surface area contributed by atoms with Gasteiger partial charge in [0.1, 0.15) is 0 Å². The van der Waals surface area contributed by atoms with E-state index in [1.807, 2.05) is 133 Å². The number of hydrogen-bond donors (Lipinski definition) is 0. The molecule has 51 heavy (non-hydrogen) atoms. The fourth-order valence-electron chi connectivity index (χ4n) is 4.79. The summed E-state index contributed by atoms with van der Waals surface area (Å²) in [4.78, 5) is 3.74. The van der Waals surface area contributed by atoms with Gasteiger partial charge in [-0.3, -0.25) is 0 Å². The number of benzene rings is 4. The number of rotatable bonds is 10. The Bertz CT molecular complexity index is 1570. The van der Waals surface area contributed by atoms with Crippen LogP contribution in [0.5, 0.6) is 0 Å². The van der Waals surface area contributed by atoms with E-state index >= 15 is 0 Å². The van der Waals surface area contributed by atoms with E-state index in [1.54, 1.807) is 0 Å². The van der Waals surface area contributed by atoms with Gasteiger partial charge in [-0.2, -0.15) is 36.4 Å². The van der Waals surface area contributed by atoms with Gasteiger partial charge in [0.05, 0.1) is 0 Å². The maximum atomic E-state index is 14.0. The molecule has 264 valence electrons. The third-order valence-electron chi connectivity index (χ3n) is 7.54. The normalized spacial score (nSPS) is 9.88. The molecule has 0 bridgehead atoms. The van der Waals surface area contributed by atoms with Gasteiger partial charge in [0.2, 0.25) is 0 Å². The summed E-state index contributed by atoms with van der Waals surface area (Å²) in [5.74, 6) is -2.65. The topological polar surface area (TPSA) is 6.48 Å². The second kappa shape index (κ2) is 23.9. The number of anilines is 4. The first-order chi connectivity index (χ1) is 24.2. The summed E-state index contributed by atoms with van der Waals surface area (Å²) in [6.07, 6.45) is 3.89. The minimum absolute atomic E-state index is 0. The zero-order chi connectivity index (χ0) is 36.1. The van der Waals surface area contributed by atoms with E-state index in [-0.39, 0.29) is 21.7 Å². The van der Waals surface area contributed by atoms with E-state index in [9.17, 15) is 17.6 Å². The summed E-state index contributed by atoms with van der Waals surface area (Å²) < 4.78 is 53.9. The van der Waals surface area contributed by atoms with Gasteiger partial charge in [0.25, 0.3) is 0 Å². The molecule has 0 saturated heterocycles. The van der Waals surface area contributed by atoms with Crippen LogP contribution in [0.15, 0.2) is 133 Å². The molecule has 0 spiro atoms. The summed E-state index contributed by atoms with van der Waals surface area (Å²) in [6.45, 7) is 9.56. The van der Waals surface area contributed by atoms with E-state index in [1.165, 1.54) is 24.3 Å². The van der Waals surface area contributed by atoms with E-state index in [0.29, 0.717) is 24.5 Å². The minimum atomic E-state index is -0.675. The molecule has 0 atom stereocenters. The molecular weight excluding hydrogens is 680 g/mol. The molecule has 0 aliphatic carbocycles. The molecule has 2 nitrogen and oxygen atoms in total. The average Bonchev–Trinajstić information content (AvgIpc) is 3.89. The van der Waals surface area contributed by atoms with Crippen molar-refractivity contribution in [2.75, 3.05) is 22.9 Å². The smallest absolute Gasteiger partial charge is 0.392 e. The van der Waals surface area contributed by atoms with E-state index in [0.717, 1.165) is 48.2 Å². The molecule has 0 saturated carbocycles. The zero-order valence-corrected chi connectivity index (χ0v) is 31.4. The van der Waals surface area contributed by atoms with Crippen molar-refractivity contribution in [1.29, 1.82) is 0 Å². The first-order valence-electron chi connectivity index (χ1n) is 17.0. The molecule has 0 amide bonds. The van der Waals surface area contributed by atoms with Crippen LogP contribution in [0.2, 0.25) is 0 Å². The number of halogens is 4. The molecule has 0 aliphatic heterocycles. The molecule has 0 aliphatic rings. The quantitative estimate of drug-likeness (QED) is 0.0788. The van der Waals surface area contributed by atoms with Gasteiger partial charge in [0, 0.05) is 47.7 Å². The second-order valence-electron chi connectivity index (χ2n) is 11.6. The largest absolute Gasteiger partial charge is 4.00 e. The van der Waals surface area contributed by atoms with Crippen LogP contribution in [0.1, 0.15) is 50.7 Å². The van der Waals surface area contributed by atoms with Crippen molar-refractivity contribution < 1.29 is 39.3 Å². The first-order valence-corrected chi connectivity index (χ1v) is 17.0. The van der Waals surface area contributed by atoms with E-state index in [4.69, 9.17) is 0 Å². The van der Waals surface area contributed by atoms with Crippen LogP contribution in [-0.2, 0) is 21.7 Å². The Labute approximate surface area is 317 Å². The molecule has 6 rings (SSSR count). The van der Waals surface area contributed by atoms with Crippen molar-refractivity contribution in [2.45, 2.75) is 53.4 Å². The molecule has 0 unspecified atom stereocenters. The van der Waals surface area contributed by atoms with Gasteiger partial charge < -0.3 is 9.80 Å². The Balaban J connectivity index is 0.000000273. The molecule has 0 heterocycles. The van der Waals surface area contributed by atoms with Crippen molar-refractivity contribution in [3.63, 3.8) is 0 Å². The van der Waals surface area contributed by atoms with E-state index in [2.05, 4.69) is 26.0 Å². The van der Waals surface area contributed by atoms with Gasteiger partial charge in [-0.15, -0.1) is 36.4 Å². The number of unbranched alkanes of at least 4 members (excludes halogenated alkanes) is 2. The number of nitrogens with zero attached hydrogens (tertiary/aromatic N) is 2. The second-order valence-corrected chi connectivity index (χ2v) is 11.6. The van der Waals surface area contributed by atoms with Crippen LogP contribution in [0.25, 0.3) is 0 Å². The molecule has 7 heteroatoms. The maximum absolute atomic E-state index is 14.0. The third kappa shape index (κ3) is 15.2. The molecule has 0 N–H and O–H groups in total. The minimum Gasteiger partial charge on any atom is -0.392 e. The predicted octanol–water partition coefficient (Wildman–Crippen LogP) is 12.8. The van der Waals surface area contributed by atoms with Crippen LogP contribution < -0.4 is 9.80 Å². The summed E-state index contributed by atoms with van der Waals surface area (Å²) in [5.41, 5.74) is 4.84. The number of hydrogen-bond acceptors (Lipinski definition) is 2. The number of aryl methyl sites for hydroxylation is 2. The van der Waals surface area contributed by atoms with Crippen molar-refractivity contribution in [3.05, 3.63) is 180 Å². The predicted molar refractivity (Wildman–Crippen MR) is 201 cm³/mol. The van der Waals surface area contributed by atoms with Gasteiger partial charge in [-0.25, -0.2) is 41.8 Å². The Hall–Kier alpha value is -4.39. The van der Waals surface area contributed by atoms with Crippen LogP contribution in [0.4, 0.5) is 40.3 Å². The maximum Gasteiger partial charge on any atom is 4.00 e. The Kier molecular flexibility index (Phi) is 20.1. The van der Waals surface area contributed by atoms with Crippen molar-refractivity contribution >= 4 is 22.7 Å². The standard InChI is InChI=1S/2C17H18F2N.2C5H5.Ti/c2*1-3-4-11-20(15-8-5-13(2)6-9-15)17-10-7-14(18)12-16(17)19;2*1-2-4-5-3-1;/h2*5-10H,3-4,11H2,1-2H3;2*1-5H;/q4*-1;+4. The zero-order valence-electron chi connectivity index (χ0n) is 29.9. The van der Waals surface area contributed by atoms with Crippen LogP contribution in [0.3, 0.4) is 0 Å². The van der Waals surface area contributed by atoms with Crippen LogP contribution in [0, 0.1) is 49.2 Å². The Morgan fingerprint density at radius 1 is 0.510 bits per heavy atom. The monoisotopic (exact) mass is 726 g/mol. The van der Waals surface area contributed by atoms with Gasteiger partial charge in [-0.05, 0) is 62.3 Å². The Morgan fingerprint density at radius 3 is 1.10 bits per heavy atom. The SMILES string of the molecule is CCCCN(c1ccc(C)cc1)c1ccc(F)[c-]c1F.CCCCN(c1ccc(C)cc1)c1ccc(F)[c-]c1F.[Ti+4].c1cc[cH-]c1.c1cc[cH-]c1. The summed E-state index contributed by atoms with van der Waals surface area (Å²) >= 11 is 0. The summed E-state index contributed by atoms with van der Waals surface area (Å²) in [6, 6.07) is 45.4. The Morgan fingerprint density at radius 2 is 0.843 bits per heavy atom. The summed E-state index contributed by atoms with van der Waals surface area (Å²) in [5, 5.41) is 0. The molecule has 6 aromatic carbocycles. The van der Waals surface area contributed by atoms with Gasteiger partial charge in [-0.1, -0.05) is 62.1 Å². The van der Waals surface area contributed by atoms with Gasteiger partial charge >= 0.3 is 21.7 Å². The van der Waals surface area contributed by atoms with Crippen molar-refractivity contribution in [2.24, 2.45) is 0 Å². The third-order valence-corrected chi connectivity index (χ3v) is 7.54. The van der Waals surface area contributed by atoms with Crippen LogP contribution in [-0.4, -0.2) is 13.1 Å². The first kappa shape index (κ1) is 42.8. The summed E-state index contributed by atoms with van der Waals surface area (Å²) in [7, 11) is 0. The van der Waals surface area contributed by atoms with Crippen molar-refractivity contribution in [1.82, 2.24) is 0 Å². The average molecular weight is 727 g/mol. The molecular formula is C44H46F4N2Ti. The fraction of sp³-hybridized carbons (Fsp3) is 0.227. The van der Waals surface area contributed by atoms with Crippen molar-refractivity contribution in [3.8, 4) is 0 Å².